The zero-order valence-corrected chi connectivity index (χ0v) is 20.0. The minimum Gasteiger partial charge on any atom is -0.337 e. The number of hydrogen-bond acceptors (Lipinski definition) is 5. The van der Waals surface area contributed by atoms with Crippen LogP contribution < -0.4 is 4.72 Å². The van der Waals surface area contributed by atoms with Crippen LogP contribution in [0.1, 0.15) is 27.2 Å². The van der Waals surface area contributed by atoms with E-state index in [0.717, 1.165) is 29.9 Å². The summed E-state index contributed by atoms with van der Waals surface area (Å²) < 4.78 is 42.6. The molecule has 1 aromatic heterocycles. The second kappa shape index (κ2) is 10.0. The van der Waals surface area contributed by atoms with Gasteiger partial charge in [-0.1, -0.05) is 35.9 Å². The summed E-state index contributed by atoms with van der Waals surface area (Å²) in [5.74, 6) is -0.522. The molecule has 1 N–H and O–H groups in total. The number of rotatable bonds is 6. The van der Waals surface area contributed by atoms with Crippen molar-refractivity contribution in [2.24, 2.45) is 0 Å². The first-order valence-corrected chi connectivity index (χ1v) is 13.1. The number of sulfonamides is 1. The summed E-state index contributed by atoms with van der Waals surface area (Å²) in [4.78, 5) is 17.3. The van der Waals surface area contributed by atoms with Gasteiger partial charge in [-0.15, -0.1) is 11.3 Å². The van der Waals surface area contributed by atoms with Gasteiger partial charge in [0.15, 0.2) is 0 Å². The van der Waals surface area contributed by atoms with Crippen LogP contribution >= 0.6 is 11.3 Å². The quantitative estimate of drug-likeness (QED) is 0.562. The SMILES string of the molecule is Cc1ccc(NS(=O)(=O)c2ccsc2C(=O)N2CCCN(Cc3ccccc3F)CC2)cc1. The number of halogens is 1. The summed E-state index contributed by atoms with van der Waals surface area (Å²) in [7, 11) is -3.90. The third kappa shape index (κ3) is 5.61. The van der Waals surface area contributed by atoms with Crippen LogP contribution in [-0.2, 0) is 16.6 Å². The Labute approximate surface area is 197 Å². The molecule has 0 unspecified atom stereocenters. The molecule has 1 fully saturated rings. The Hall–Kier alpha value is -2.75. The average Bonchev–Trinajstić information content (AvgIpc) is 3.18. The van der Waals surface area contributed by atoms with Gasteiger partial charge in [0.25, 0.3) is 15.9 Å². The summed E-state index contributed by atoms with van der Waals surface area (Å²) in [5, 5.41) is 1.62. The van der Waals surface area contributed by atoms with E-state index in [1.54, 1.807) is 34.5 Å². The largest absolute Gasteiger partial charge is 0.337 e. The molecule has 1 amide bonds. The van der Waals surface area contributed by atoms with Gasteiger partial charge in [-0.3, -0.25) is 14.4 Å². The van der Waals surface area contributed by atoms with Gasteiger partial charge in [-0.25, -0.2) is 12.8 Å². The molecule has 0 spiro atoms. The lowest BCUT2D eigenvalue weighted by molar-refractivity contribution is 0.0762. The topological polar surface area (TPSA) is 69.7 Å². The number of aryl methyl sites for hydroxylation is 1. The minimum atomic E-state index is -3.90. The molecular weight excluding hydrogens is 461 g/mol. The third-order valence-corrected chi connectivity index (χ3v) is 8.10. The first-order chi connectivity index (χ1) is 15.8. The van der Waals surface area contributed by atoms with Crippen molar-refractivity contribution in [3.63, 3.8) is 0 Å². The van der Waals surface area contributed by atoms with Gasteiger partial charge in [-0.05, 0) is 43.0 Å². The van der Waals surface area contributed by atoms with E-state index in [4.69, 9.17) is 0 Å². The second-order valence-corrected chi connectivity index (χ2v) is 10.7. The van der Waals surface area contributed by atoms with Gasteiger partial charge in [0.1, 0.15) is 15.6 Å². The molecule has 174 valence electrons. The van der Waals surface area contributed by atoms with Crippen LogP contribution in [-0.4, -0.2) is 50.3 Å². The molecule has 0 atom stereocenters. The molecule has 1 aliphatic rings. The van der Waals surface area contributed by atoms with Crippen LogP contribution in [0.3, 0.4) is 0 Å². The number of anilines is 1. The highest BCUT2D eigenvalue weighted by atomic mass is 32.2. The number of carbonyl (C=O) groups is 1. The van der Waals surface area contributed by atoms with Crippen molar-refractivity contribution in [2.45, 2.75) is 24.8 Å². The highest BCUT2D eigenvalue weighted by Crippen LogP contribution is 2.26. The van der Waals surface area contributed by atoms with Crippen molar-refractivity contribution in [2.75, 3.05) is 30.9 Å². The normalized spacial score (nSPS) is 15.3. The Balaban J connectivity index is 1.45. The van der Waals surface area contributed by atoms with Crippen molar-refractivity contribution >= 4 is 33.0 Å². The molecule has 3 aromatic rings. The van der Waals surface area contributed by atoms with Gasteiger partial charge in [0.05, 0.1) is 0 Å². The minimum absolute atomic E-state index is 0.00876. The third-order valence-electron chi connectivity index (χ3n) is 5.64. The van der Waals surface area contributed by atoms with Crippen LogP contribution in [0.25, 0.3) is 0 Å². The lowest BCUT2D eigenvalue weighted by Crippen LogP contribution is -2.35. The van der Waals surface area contributed by atoms with Crippen LogP contribution in [0.5, 0.6) is 0 Å². The first kappa shape index (κ1) is 23.4. The summed E-state index contributed by atoms with van der Waals surface area (Å²) in [6.07, 6.45) is 0.731. The standard InChI is InChI=1S/C24H26FN3O3S2/c1-18-7-9-20(10-8-18)26-33(30,31)22-11-16-32-23(22)24(29)28-13-4-12-27(14-15-28)17-19-5-2-3-6-21(19)25/h2-3,5-11,16,26H,4,12-15,17H2,1H3. The van der Waals surface area contributed by atoms with Crippen molar-refractivity contribution in [3.8, 4) is 0 Å². The number of nitrogens with zero attached hydrogens (tertiary/aromatic N) is 2. The Bertz CT molecular complexity index is 1230. The molecule has 9 heteroatoms. The molecule has 1 aliphatic heterocycles. The molecule has 0 bridgehead atoms. The van der Waals surface area contributed by atoms with E-state index in [-0.39, 0.29) is 21.5 Å². The number of thiophene rings is 1. The highest BCUT2D eigenvalue weighted by Gasteiger charge is 2.28. The van der Waals surface area contributed by atoms with Gasteiger partial charge in [0.2, 0.25) is 0 Å². The van der Waals surface area contributed by atoms with Crippen LogP contribution in [0, 0.1) is 12.7 Å². The molecule has 1 saturated heterocycles. The van der Waals surface area contributed by atoms with E-state index in [9.17, 15) is 17.6 Å². The van der Waals surface area contributed by atoms with Gasteiger partial charge < -0.3 is 4.90 Å². The van der Waals surface area contributed by atoms with E-state index in [1.807, 2.05) is 25.1 Å². The molecule has 0 aliphatic carbocycles. The van der Waals surface area contributed by atoms with E-state index < -0.39 is 10.0 Å². The number of nitrogens with one attached hydrogen (secondary N) is 1. The number of hydrogen-bond donors (Lipinski definition) is 1. The number of amides is 1. The predicted molar refractivity (Wildman–Crippen MR) is 129 cm³/mol. The van der Waals surface area contributed by atoms with Crippen molar-refractivity contribution in [1.82, 2.24) is 9.80 Å². The molecule has 6 nitrogen and oxygen atoms in total. The van der Waals surface area contributed by atoms with Crippen LogP contribution in [0.2, 0.25) is 0 Å². The van der Waals surface area contributed by atoms with Gasteiger partial charge >= 0.3 is 0 Å². The average molecular weight is 488 g/mol. The molecule has 2 heterocycles. The fourth-order valence-electron chi connectivity index (χ4n) is 3.84. The summed E-state index contributed by atoms with van der Waals surface area (Å²) >= 11 is 1.13. The van der Waals surface area contributed by atoms with E-state index >= 15 is 0 Å². The monoisotopic (exact) mass is 487 g/mol. The van der Waals surface area contributed by atoms with Crippen molar-refractivity contribution in [3.05, 3.63) is 81.8 Å². The molecule has 0 radical (unpaired) electrons. The zero-order chi connectivity index (χ0) is 23.4. The Morgan fingerprint density at radius 1 is 1.03 bits per heavy atom. The molecule has 33 heavy (non-hydrogen) atoms. The Kier molecular flexibility index (Phi) is 7.11. The fraction of sp³-hybridized carbons (Fsp3) is 0.292. The van der Waals surface area contributed by atoms with Gasteiger partial charge in [0, 0.05) is 44.0 Å². The highest BCUT2D eigenvalue weighted by molar-refractivity contribution is 7.93. The molecular formula is C24H26FN3O3S2. The maximum atomic E-state index is 14.0. The van der Waals surface area contributed by atoms with E-state index in [2.05, 4.69) is 9.62 Å². The Morgan fingerprint density at radius 3 is 2.55 bits per heavy atom. The molecule has 0 saturated carbocycles. The number of benzene rings is 2. The van der Waals surface area contributed by atoms with Crippen molar-refractivity contribution in [1.29, 1.82) is 0 Å². The van der Waals surface area contributed by atoms with E-state index in [1.165, 1.54) is 12.1 Å². The summed E-state index contributed by atoms with van der Waals surface area (Å²) in [6, 6.07) is 15.2. The molecule has 2 aromatic carbocycles. The smallest absolute Gasteiger partial charge is 0.265 e. The first-order valence-electron chi connectivity index (χ1n) is 10.8. The van der Waals surface area contributed by atoms with Crippen molar-refractivity contribution < 1.29 is 17.6 Å². The van der Waals surface area contributed by atoms with Gasteiger partial charge in [-0.2, -0.15) is 0 Å². The number of carbonyl (C=O) groups excluding carboxylic acids is 1. The lowest BCUT2D eigenvalue weighted by Gasteiger charge is -2.22. The van der Waals surface area contributed by atoms with Crippen LogP contribution in [0.15, 0.2) is 64.9 Å². The predicted octanol–water partition coefficient (Wildman–Crippen LogP) is 4.34. The lowest BCUT2D eigenvalue weighted by atomic mass is 10.2. The second-order valence-electron chi connectivity index (χ2n) is 8.10. The van der Waals surface area contributed by atoms with E-state index in [0.29, 0.717) is 37.4 Å². The summed E-state index contributed by atoms with van der Waals surface area (Å²) in [5.41, 5.74) is 2.10. The maximum absolute atomic E-state index is 14.0. The molecule has 4 rings (SSSR count). The zero-order valence-electron chi connectivity index (χ0n) is 18.3. The fourth-order valence-corrected chi connectivity index (χ4v) is 6.29. The summed E-state index contributed by atoms with van der Waals surface area (Å²) in [6.45, 7) is 4.71. The van der Waals surface area contributed by atoms with Crippen LogP contribution in [0.4, 0.5) is 10.1 Å². The Morgan fingerprint density at radius 2 is 1.79 bits per heavy atom. The maximum Gasteiger partial charge on any atom is 0.265 e.